The van der Waals surface area contributed by atoms with E-state index in [-0.39, 0.29) is 5.82 Å². The van der Waals surface area contributed by atoms with E-state index in [0.717, 1.165) is 47.5 Å². The molecule has 0 saturated carbocycles. The number of nitrogens with zero attached hydrogens (tertiary/aromatic N) is 4. The number of aromatic nitrogens is 4. The summed E-state index contributed by atoms with van der Waals surface area (Å²) in [4.78, 5) is 0. The molecule has 0 spiro atoms. The minimum absolute atomic E-state index is 0.242. The molecule has 0 unspecified atom stereocenters. The van der Waals surface area contributed by atoms with Crippen molar-refractivity contribution in [3.63, 3.8) is 0 Å². The van der Waals surface area contributed by atoms with Gasteiger partial charge in [0.05, 0.1) is 6.54 Å². The highest BCUT2D eigenvalue weighted by Crippen LogP contribution is 2.22. The van der Waals surface area contributed by atoms with Gasteiger partial charge in [0.2, 0.25) is 5.16 Å². The average Bonchev–Trinajstić information content (AvgIpc) is 3.21. The summed E-state index contributed by atoms with van der Waals surface area (Å²) >= 11 is 1.66. The molecule has 126 valence electrons. The first-order valence-electron chi connectivity index (χ1n) is 7.74. The first-order chi connectivity index (χ1) is 11.7. The van der Waals surface area contributed by atoms with Gasteiger partial charge in [-0.3, -0.25) is 0 Å². The van der Waals surface area contributed by atoms with E-state index in [0.29, 0.717) is 0 Å². The molecule has 0 saturated heterocycles. The summed E-state index contributed by atoms with van der Waals surface area (Å²) < 4.78 is 20.4. The molecule has 2 heterocycles. The lowest BCUT2D eigenvalue weighted by Gasteiger charge is -2.00. The second kappa shape index (κ2) is 8.07. The Labute approximate surface area is 143 Å². The second-order valence-electron chi connectivity index (χ2n) is 5.34. The predicted octanol–water partition coefficient (Wildman–Crippen LogP) is 1.85. The molecular formula is C16H19FN5OS+. The van der Waals surface area contributed by atoms with Crippen LogP contribution in [0, 0.1) is 5.82 Å². The summed E-state index contributed by atoms with van der Waals surface area (Å²) in [6.45, 7) is 1.79. The smallest absolute Gasteiger partial charge is 0.209 e. The van der Waals surface area contributed by atoms with Gasteiger partial charge in [0.25, 0.3) is 0 Å². The van der Waals surface area contributed by atoms with Crippen LogP contribution < -0.4 is 5.32 Å². The van der Waals surface area contributed by atoms with Crippen molar-refractivity contribution in [2.24, 2.45) is 7.05 Å². The number of rotatable bonds is 8. The minimum atomic E-state index is -0.242. The summed E-state index contributed by atoms with van der Waals surface area (Å²) in [7, 11) is 1.84. The maximum atomic E-state index is 12.9. The SMILES string of the molecule is Cn1nnnc1SCCC[NH2+]Cc1ccc(-c2ccc(F)cc2)o1. The van der Waals surface area contributed by atoms with Crippen molar-refractivity contribution in [3.05, 3.63) is 48.0 Å². The molecule has 2 N–H and O–H groups in total. The van der Waals surface area contributed by atoms with Gasteiger partial charge in [0, 0.05) is 24.8 Å². The predicted molar refractivity (Wildman–Crippen MR) is 88.7 cm³/mol. The van der Waals surface area contributed by atoms with Crippen molar-refractivity contribution in [2.45, 2.75) is 18.1 Å². The van der Waals surface area contributed by atoms with Crippen molar-refractivity contribution in [2.75, 3.05) is 12.3 Å². The zero-order valence-electron chi connectivity index (χ0n) is 13.4. The summed E-state index contributed by atoms with van der Waals surface area (Å²) in [5, 5.41) is 14.4. The Balaban J connectivity index is 1.38. The first-order valence-corrected chi connectivity index (χ1v) is 8.72. The Morgan fingerprint density at radius 3 is 2.79 bits per heavy atom. The Bertz CT molecular complexity index is 771. The van der Waals surface area contributed by atoms with E-state index >= 15 is 0 Å². The van der Waals surface area contributed by atoms with Gasteiger partial charge in [0.15, 0.2) is 5.76 Å². The number of thioether (sulfide) groups is 1. The fourth-order valence-electron chi connectivity index (χ4n) is 2.24. The maximum absolute atomic E-state index is 12.9. The molecule has 1 aromatic carbocycles. The molecule has 3 rings (SSSR count). The van der Waals surface area contributed by atoms with Gasteiger partial charge in [0.1, 0.15) is 18.1 Å². The number of tetrazole rings is 1. The van der Waals surface area contributed by atoms with Crippen LogP contribution in [0.25, 0.3) is 11.3 Å². The van der Waals surface area contributed by atoms with Crippen LogP contribution in [0.4, 0.5) is 4.39 Å². The standard InChI is InChI=1S/C16H18FN5OS/c1-22-16(19-20-21-22)24-10-2-9-18-11-14-7-8-15(23-14)12-3-5-13(17)6-4-12/h3-8,18H,2,9-11H2,1H3/p+1. The van der Waals surface area contributed by atoms with Crippen LogP contribution in [-0.4, -0.2) is 32.5 Å². The molecule has 0 atom stereocenters. The third-order valence-corrected chi connectivity index (χ3v) is 4.60. The highest BCUT2D eigenvalue weighted by molar-refractivity contribution is 7.99. The number of hydrogen-bond acceptors (Lipinski definition) is 5. The van der Waals surface area contributed by atoms with Crippen LogP contribution in [0.1, 0.15) is 12.2 Å². The van der Waals surface area contributed by atoms with Crippen molar-refractivity contribution >= 4 is 11.8 Å². The van der Waals surface area contributed by atoms with Crippen molar-refractivity contribution in [1.82, 2.24) is 20.2 Å². The molecule has 8 heteroatoms. The van der Waals surface area contributed by atoms with E-state index in [1.807, 2.05) is 19.2 Å². The molecule has 0 fully saturated rings. The molecule has 0 amide bonds. The summed E-state index contributed by atoms with van der Waals surface area (Å²) in [6.07, 6.45) is 1.06. The lowest BCUT2D eigenvalue weighted by atomic mass is 10.2. The first kappa shape index (κ1) is 16.7. The van der Waals surface area contributed by atoms with Gasteiger partial charge < -0.3 is 9.73 Å². The highest BCUT2D eigenvalue weighted by Gasteiger charge is 2.07. The molecule has 0 bridgehead atoms. The van der Waals surface area contributed by atoms with Gasteiger partial charge in [-0.25, -0.2) is 9.07 Å². The fraction of sp³-hybridized carbons (Fsp3) is 0.312. The van der Waals surface area contributed by atoms with E-state index in [9.17, 15) is 4.39 Å². The molecular weight excluding hydrogens is 329 g/mol. The summed E-state index contributed by atoms with van der Waals surface area (Å²) in [6, 6.07) is 10.2. The Kier molecular flexibility index (Phi) is 5.60. The van der Waals surface area contributed by atoms with Crippen LogP contribution in [0.2, 0.25) is 0 Å². The van der Waals surface area contributed by atoms with Crippen LogP contribution >= 0.6 is 11.8 Å². The van der Waals surface area contributed by atoms with Gasteiger partial charge >= 0.3 is 0 Å². The largest absolute Gasteiger partial charge is 0.455 e. The van der Waals surface area contributed by atoms with E-state index in [1.54, 1.807) is 28.6 Å². The quantitative estimate of drug-likeness (QED) is 0.497. The van der Waals surface area contributed by atoms with Crippen LogP contribution in [0.5, 0.6) is 0 Å². The van der Waals surface area contributed by atoms with Crippen molar-refractivity contribution in [3.8, 4) is 11.3 Å². The Hall–Kier alpha value is -2.19. The fourth-order valence-corrected chi connectivity index (χ4v) is 3.05. The molecule has 0 aliphatic heterocycles. The number of furan rings is 1. The zero-order valence-corrected chi connectivity index (χ0v) is 14.2. The average molecular weight is 348 g/mol. The van der Waals surface area contributed by atoms with Gasteiger partial charge in [-0.1, -0.05) is 11.8 Å². The normalized spacial score (nSPS) is 11.1. The number of nitrogens with two attached hydrogens (primary N) is 1. The van der Waals surface area contributed by atoms with Crippen molar-refractivity contribution in [1.29, 1.82) is 0 Å². The summed E-state index contributed by atoms with van der Waals surface area (Å²) in [5.41, 5.74) is 0.885. The van der Waals surface area contributed by atoms with Crippen molar-refractivity contribution < 1.29 is 14.1 Å². The Morgan fingerprint density at radius 2 is 2.04 bits per heavy atom. The number of halogens is 1. The molecule has 2 aromatic heterocycles. The second-order valence-corrected chi connectivity index (χ2v) is 6.40. The molecule has 0 aliphatic rings. The van der Waals surface area contributed by atoms with E-state index in [2.05, 4.69) is 20.8 Å². The molecule has 24 heavy (non-hydrogen) atoms. The number of benzene rings is 1. The number of hydrogen-bond donors (Lipinski definition) is 1. The number of quaternary nitrogens is 1. The number of aryl methyl sites for hydroxylation is 1. The molecule has 0 radical (unpaired) electrons. The molecule has 6 nitrogen and oxygen atoms in total. The third kappa shape index (κ3) is 4.42. The molecule has 0 aliphatic carbocycles. The van der Waals surface area contributed by atoms with Crippen LogP contribution in [-0.2, 0) is 13.6 Å². The topological polar surface area (TPSA) is 73.3 Å². The lowest BCUT2D eigenvalue weighted by Crippen LogP contribution is -2.82. The van der Waals surface area contributed by atoms with E-state index in [1.165, 1.54) is 12.1 Å². The van der Waals surface area contributed by atoms with Gasteiger partial charge in [-0.15, -0.1) is 5.10 Å². The van der Waals surface area contributed by atoms with E-state index in [4.69, 9.17) is 4.42 Å². The lowest BCUT2D eigenvalue weighted by molar-refractivity contribution is -0.672. The van der Waals surface area contributed by atoms with Gasteiger partial charge in [-0.2, -0.15) is 0 Å². The monoisotopic (exact) mass is 348 g/mol. The van der Waals surface area contributed by atoms with Gasteiger partial charge in [-0.05, 0) is 46.8 Å². The van der Waals surface area contributed by atoms with E-state index < -0.39 is 0 Å². The maximum Gasteiger partial charge on any atom is 0.209 e. The highest BCUT2D eigenvalue weighted by atomic mass is 32.2. The molecule has 3 aromatic rings. The zero-order chi connectivity index (χ0) is 16.8. The van der Waals surface area contributed by atoms with Crippen LogP contribution in [0.3, 0.4) is 0 Å². The summed E-state index contributed by atoms with van der Waals surface area (Å²) in [5.74, 6) is 2.42. The third-order valence-electron chi connectivity index (χ3n) is 3.50. The van der Waals surface area contributed by atoms with Crippen LogP contribution in [0.15, 0.2) is 46.0 Å². The minimum Gasteiger partial charge on any atom is -0.455 e. The Morgan fingerprint density at radius 1 is 1.21 bits per heavy atom.